The third-order valence-electron chi connectivity index (χ3n) is 5.03. The van der Waals surface area contributed by atoms with E-state index >= 15 is 0 Å². The summed E-state index contributed by atoms with van der Waals surface area (Å²) < 4.78 is 10.7. The maximum atomic E-state index is 12.9. The van der Waals surface area contributed by atoms with Gasteiger partial charge in [-0.05, 0) is 37.8 Å². The van der Waals surface area contributed by atoms with Gasteiger partial charge in [0, 0.05) is 17.8 Å². The Morgan fingerprint density at radius 3 is 2.92 bits per heavy atom. The zero-order valence-electron chi connectivity index (χ0n) is 13.7. The molecule has 1 amide bonds. The second kappa shape index (κ2) is 5.68. The monoisotopic (exact) mass is 338 g/mol. The Morgan fingerprint density at radius 2 is 2.04 bits per heavy atom. The summed E-state index contributed by atoms with van der Waals surface area (Å²) in [5.74, 6) is 1.81. The van der Waals surface area contributed by atoms with Crippen LogP contribution < -0.4 is 0 Å². The van der Waals surface area contributed by atoms with E-state index in [9.17, 15) is 4.79 Å². The van der Waals surface area contributed by atoms with Gasteiger partial charge in [0.25, 0.3) is 0 Å². The molecule has 3 heterocycles. The van der Waals surface area contributed by atoms with Crippen molar-refractivity contribution in [2.24, 2.45) is 0 Å². The van der Waals surface area contributed by atoms with E-state index in [-0.39, 0.29) is 18.4 Å². The molecule has 5 rings (SSSR count). The topological polar surface area (TPSA) is 85.3 Å². The summed E-state index contributed by atoms with van der Waals surface area (Å²) in [5, 5.41) is 9.08. The van der Waals surface area contributed by atoms with Crippen molar-refractivity contribution in [2.75, 3.05) is 6.54 Å². The predicted molar refractivity (Wildman–Crippen MR) is 87.7 cm³/mol. The molecule has 2 aromatic heterocycles. The lowest BCUT2D eigenvalue weighted by atomic mass is 10.1. The lowest BCUT2D eigenvalue weighted by molar-refractivity contribution is -0.131. The molecule has 7 nitrogen and oxygen atoms in total. The number of nitrogens with zero attached hydrogens (tertiary/aromatic N) is 4. The van der Waals surface area contributed by atoms with E-state index in [1.54, 1.807) is 0 Å². The zero-order valence-corrected chi connectivity index (χ0v) is 13.7. The first kappa shape index (κ1) is 14.6. The van der Waals surface area contributed by atoms with E-state index < -0.39 is 0 Å². The van der Waals surface area contributed by atoms with Gasteiger partial charge in [-0.15, -0.1) is 0 Å². The van der Waals surface area contributed by atoms with E-state index in [2.05, 4.69) is 15.3 Å². The Kier molecular flexibility index (Phi) is 3.33. The quantitative estimate of drug-likeness (QED) is 0.727. The number of rotatable bonds is 4. The van der Waals surface area contributed by atoms with Crippen molar-refractivity contribution < 1.29 is 13.8 Å². The number of hydrogen-bond donors (Lipinski definition) is 0. The largest absolute Gasteiger partial charge is 0.356 e. The Bertz CT molecular complexity index is 927. The molecule has 128 valence electrons. The fraction of sp³-hybridized carbons (Fsp3) is 0.444. The summed E-state index contributed by atoms with van der Waals surface area (Å²) in [6.45, 7) is 0.715. The van der Waals surface area contributed by atoms with Crippen LogP contribution in [0.3, 0.4) is 0 Å². The predicted octanol–water partition coefficient (Wildman–Crippen LogP) is 2.99. The molecule has 1 saturated heterocycles. The van der Waals surface area contributed by atoms with Gasteiger partial charge in [0.05, 0.1) is 12.5 Å². The number of fused-ring (bicyclic) bond motifs is 1. The van der Waals surface area contributed by atoms with Crippen molar-refractivity contribution in [3.05, 3.63) is 41.7 Å². The van der Waals surface area contributed by atoms with Crippen LogP contribution in [0.5, 0.6) is 0 Å². The molecule has 1 aromatic carbocycles. The van der Waals surface area contributed by atoms with Crippen molar-refractivity contribution >= 4 is 16.9 Å². The number of para-hydroxylation sites is 1. The van der Waals surface area contributed by atoms with Gasteiger partial charge in [-0.2, -0.15) is 4.98 Å². The van der Waals surface area contributed by atoms with E-state index in [1.165, 1.54) is 0 Å². The highest BCUT2D eigenvalue weighted by molar-refractivity contribution is 5.86. The number of aromatic nitrogens is 3. The summed E-state index contributed by atoms with van der Waals surface area (Å²) in [6, 6.07) is 7.50. The van der Waals surface area contributed by atoms with Crippen LogP contribution >= 0.6 is 0 Å². The van der Waals surface area contributed by atoms with Gasteiger partial charge in [0.15, 0.2) is 11.4 Å². The summed E-state index contributed by atoms with van der Waals surface area (Å²) >= 11 is 0. The first-order chi connectivity index (χ1) is 12.3. The number of benzene rings is 1. The van der Waals surface area contributed by atoms with Gasteiger partial charge in [-0.1, -0.05) is 22.4 Å². The molecule has 0 bridgehead atoms. The molecule has 25 heavy (non-hydrogen) atoms. The minimum atomic E-state index is -0.0954. The van der Waals surface area contributed by atoms with Gasteiger partial charge >= 0.3 is 0 Å². The highest BCUT2D eigenvalue weighted by atomic mass is 16.5. The number of likely N-dealkylation sites (tertiary alicyclic amines) is 1. The molecule has 1 aliphatic carbocycles. The lowest BCUT2D eigenvalue weighted by Gasteiger charge is -2.21. The molecule has 1 aliphatic heterocycles. The summed E-state index contributed by atoms with van der Waals surface area (Å²) in [4.78, 5) is 19.2. The van der Waals surface area contributed by atoms with Crippen LogP contribution in [0, 0.1) is 0 Å². The number of carbonyl (C=O) groups is 1. The molecule has 3 aromatic rings. The van der Waals surface area contributed by atoms with E-state index in [4.69, 9.17) is 9.05 Å². The average Bonchev–Trinajstić information content (AvgIpc) is 3.04. The first-order valence-corrected chi connectivity index (χ1v) is 8.76. The van der Waals surface area contributed by atoms with E-state index in [0.717, 1.165) is 37.0 Å². The molecule has 1 atom stereocenters. The van der Waals surface area contributed by atoms with Crippen molar-refractivity contribution in [1.82, 2.24) is 20.2 Å². The molecule has 0 spiro atoms. The van der Waals surface area contributed by atoms with Gasteiger partial charge in [-0.25, -0.2) is 0 Å². The normalized spacial score (nSPS) is 20.5. The molecule has 0 radical (unpaired) electrons. The summed E-state index contributed by atoms with van der Waals surface area (Å²) in [5.41, 5.74) is 1.38. The summed E-state index contributed by atoms with van der Waals surface area (Å²) in [7, 11) is 0. The van der Waals surface area contributed by atoms with Crippen LogP contribution in [0.1, 0.15) is 55.1 Å². The van der Waals surface area contributed by atoms with Crippen LogP contribution in [0.2, 0.25) is 0 Å². The second-order valence-electron chi connectivity index (χ2n) is 6.81. The molecule has 2 fully saturated rings. The minimum absolute atomic E-state index is 0.0272. The van der Waals surface area contributed by atoms with Gasteiger partial charge in [-0.3, -0.25) is 4.79 Å². The molecular weight excluding hydrogens is 320 g/mol. The molecule has 0 N–H and O–H groups in total. The van der Waals surface area contributed by atoms with Crippen molar-refractivity contribution in [2.45, 2.75) is 44.1 Å². The second-order valence-corrected chi connectivity index (χ2v) is 6.81. The maximum Gasteiger partial charge on any atom is 0.229 e. The first-order valence-electron chi connectivity index (χ1n) is 8.76. The molecular formula is C18H18N4O3. The fourth-order valence-corrected chi connectivity index (χ4v) is 3.52. The van der Waals surface area contributed by atoms with Crippen molar-refractivity contribution in [3.63, 3.8) is 0 Å². The van der Waals surface area contributed by atoms with Crippen molar-refractivity contribution in [3.8, 4) is 0 Å². The molecule has 1 saturated carbocycles. The number of hydrogen-bond acceptors (Lipinski definition) is 6. The Morgan fingerprint density at radius 1 is 1.16 bits per heavy atom. The van der Waals surface area contributed by atoms with E-state index in [1.807, 2.05) is 29.2 Å². The molecule has 7 heteroatoms. The molecule has 0 unspecified atom stereocenters. The SMILES string of the molecule is O=C(Cc1noc2ccccc12)N1CCC[C@H]1c1noc(C2CC2)n1. The third kappa shape index (κ3) is 2.59. The summed E-state index contributed by atoms with van der Waals surface area (Å²) in [6.07, 6.45) is 4.28. The van der Waals surface area contributed by atoms with Crippen LogP contribution in [0.15, 0.2) is 33.3 Å². The Labute approximate surface area is 144 Å². The van der Waals surface area contributed by atoms with Gasteiger partial charge < -0.3 is 13.9 Å². The highest BCUT2D eigenvalue weighted by Crippen LogP contribution is 2.40. The smallest absolute Gasteiger partial charge is 0.229 e. The Balaban J connectivity index is 1.36. The molecule has 2 aliphatic rings. The lowest BCUT2D eigenvalue weighted by Crippen LogP contribution is -2.32. The van der Waals surface area contributed by atoms with Gasteiger partial charge in [0.1, 0.15) is 5.69 Å². The average molecular weight is 338 g/mol. The van der Waals surface area contributed by atoms with Crippen LogP contribution in [-0.4, -0.2) is 32.6 Å². The zero-order chi connectivity index (χ0) is 16.8. The number of amides is 1. The fourth-order valence-electron chi connectivity index (χ4n) is 3.52. The highest BCUT2D eigenvalue weighted by Gasteiger charge is 2.36. The van der Waals surface area contributed by atoms with Crippen molar-refractivity contribution in [1.29, 1.82) is 0 Å². The minimum Gasteiger partial charge on any atom is -0.356 e. The van der Waals surface area contributed by atoms with Crippen LogP contribution in [0.25, 0.3) is 11.0 Å². The number of carbonyl (C=O) groups excluding carboxylic acids is 1. The van der Waals surface area contributed by atoms with E-state index in [0.29, 0.717) is 29.6 Å². The van der Waals surface area contributed by atoms with Crippen LogP contribution in [-0.2, 0) is 11.2 Å². The van der Waals surface area contributed by atoms with Gasteiger partial charge in [0.2, 0.25) is 11.8 Å². The van der Waals surface area contributed by atoms with Crippen LogP contribution in [0.4, 0.5) is 0 Å². The maximum absolute atomic E-state index is 12.9. The third-order valence-corrected chi connectivity index (χ3v) is 5.03. The Hall–Kier alpha value is -2.70. The standard InChI is InChI=1S/C18H18N4O3/c23-16(10-13-12-4-1-2-6-15(12)24-20-13)22-9-3-5-14(22)17-19-18(25-21-17)11-7-8-11/h1-2,4,6,11,14H,3,5,7-10H2/t14-/m0/s1.